The Kier molecular flexibility index (Phi) is 15.0. The van der Waals surface area contributed by atoms with Crippen molar-refractivity contribution in [2.24, 2.45) is 17.8 Å². The second-order valence-electron chi connectivity index (χ2n) is 14.9. The molecule has 3 unspecified atom stereocenters. The van der Waals surface area contributed by atoms with Crippen LogP contribution >= 0.6 is 0 Å². The number of aromatic nitrogens is 3. The first-order valence-electron chi connectivity index (χ1n) is 20.2. The molecule has 53 heavy (non-hydrogen) atoms. The van der Waals surface area contributed by atoms with Gasteiger partial charge in [0.1, 0.15) is 23.2 Å². The van der Waals surface area contributed by atoms with Gasteiger partial charge >= 0.3 is 5.97 Å². The second kappa shape index (κ2) is 20.1. The van der Waals surface area contributed by atoms with Crippen molar-refractivity contribution in [1.82, 2.24) is 14.6 Å². The van der Waals surface area contributed by atoms with Gasteiger partial charge in [0.25, 0.3) is 0 Å². The smallest absolute Gasteiger partial charge is 0.343 e. The van der Waals surface area contributed by atoms with Gasteiger partial charge in [-0.25, -0.2) is 14.3 Å². The van der Waals surface area contributed by atoms with Crippen molar-refractivity contribution < 1.29 is 19.0 Å². The summed E-state index contributed by atoms with van der Waals surface area (Å²) in [5, 5.41) is 3.51. The molecule has 0 amide bonds. The van der Waals surface area contributed by atoms with Crippen molar-refractivity contribution >= 4 is 11.6 Å². The molecule has 284 valence electrons. The van der Waals surface area contributed by atoms with E-state index in [0.717, 1.165) is 55.4 Å². The molecule has 0 aliphatic rings. The Morgan fingerprint density at radius 1 is 0.774 bits per heavy atom. The molecule has 0 fully saturated rings. The molecule has 0 spiro atoms. The first-order chi connectivity index (χ1) is 25.9. The molecule has 0 saturated carbocycles. The van der Waals surface area contributed by atoms with E-state index in [9.17, 15) is 4.79 Å². The predicted molar refractivity (Wildman–Crippen MR) is 217 cm³/mol. The average Bonchev–Trinajstić information content (AvgIpc) is 3.73. The molecule has 2 aromatic heterocycles. The summed E-state index contributed by atoms with van der Waals surface area (Å²) in [6.07, 6.45) is 11.8. The van der Waals surface area contributed by atoms with Crippen molar-refractivity contribution in [3.63, 3.8) is 0 Å². The van der Waals surface area contributed by atoms with Crippen LogP contribution in [0.2, 0.25) is 0 Å². The number of esters is 1. The van der Waals surface area contributed by atoms with Crippen molar-refractivity contribution in [2.75, 3.05) is 6.61 Å². The molecular formula is C46H61N3O4. The van der Waals surface area contributed by atoms with Crippen molar-refractivity contribution in [2.45, 2.75) is 118 Å². The zero-order valence-electron chi connectivity index (χ0n) is 32.9. The Morgan fingerprint density at radius 2 is 1.42 bits per heavy atom. The van der Waals surface area contributed by atoms with Gasteiger partial charge in [-0.3, -0.25) is 5.10 Å². The summed E-state index contributed by atoms with van der Waals surface area (Å²) in [6.45, 7) is 14.0. The van der Waals surface area contributed by atoms with Crippen molar-refractivity contribution in [3.8, 4) is 39.9 Å². The molecule has 3 atom stereocenters. The van der Waals surface area contributed by atoms with Crippen LogP contribution in [-0.2, 0) is 4.74 Å². The summed E-state index contributed by atoms with van der Waals surface area (Å²) >= 11 is 0. The summed E-state index contributed by atoms with van der Waals surface area (Å²) in [5.74, 6) is 3.56. The SMILES string of the molecule is CCCCC(CC)CCC(CC(C)C)OC(=O)c1c(-c2ccccc2)c(Oc2ccccc2)n2[nH]c(-c3ccccc3OCC(CC)CCCC)nc12. The molecule has 7 nitrogen and oxygen atoms in total. The summed E-state index contributed by atoms with van der Waals surface area (Å²) in [6, 6.07) is 27.6. The lowest BCUT2D eigenvalue weighted by molar-refractivity contribution is 0.0216. The Hall–Kier alpha value is -4.52. The summed E-state index contributed by atoms with van der Waals surface area (Å²) in [7, 11) is 0. The van der Waals surface area contributed by atoms with Gasteiger partial charge in [0.15, 0.2) is 11.5 Å². The number of hydrogen-bond acceptors (Lipinski definition) is 5. The molecule has 0 radical (unpaired) electrons. The molecule has 2 heterocycles. The lowest BCUT2D eigenvalue weighted by atomic mass is 9.91. The van der Waals surface area contributed by atoms with E-state index in [1.54, 1.807) is 4.52 Å². The minimum atomic E-state index is -0.388. The molecular weight excluding hydrogens is 659 g/mol. The number of nitrogens with zero attached hydrogens (tertiary/aromatic N) is 2. The van der Waals surface area contributed by atoms with Gasteiger partial charge < -0.3 is 14.2 Å². The number of para-hydroxylation sites is 2. The average molecular weight is 720 g/mol. The maximum Gasteiger partial charge on any atom is 0.343 e. The quantitative estimate of drug-likeness (QED) is 0.0721. The lowest BCUT2D eigenvalue weighted by Gasteiger charge is -2.22. The number of unbranched alkanes of at least 4 members (excludes halogenated alkanes) is 2. The van der Waals surface area contributed by atoms with Gasteiger partial charge in [-0.1, -0.05) is 147 Å². The van der Waals surface area contributed by atoms with Gasteiger partial charge in [0.05, 0.1) is 17.7 Å². The number of benzene rings is 3. The molecule has 1 N–H and O–H groups in total. The molecule has 5 rings (SSSR count). The first kappa shape index (κ1) is 39.7. The predicted octanol–water partition coefficient (Wildman–Crippen LogP) is 13.0. The Morgan fingerprint density at radius 3 is 2.08 bits per heavy atom. The normalized spacial score (nSPS) is 13.3. The van der Waals surface area contributed by atoms with Crippen LogP contribution in [0.3, 0.4) is 0 Å². The number of fused-ring (bicyclic) bond motifs is 1. The van der Waals surface area contributed by atoms with Crippen LogP contribution in [0.1, 0.15) is 123 Å². The fraction of sp³-hybridized carbons (Fsp3) is 0.478. The Labute approximate surface area is 317 Å². The minimum absolute atomic E-state index is 0.206. The third-order valence-electron chi connectivity index (χ3n) is 10.4. The van der Waals surface area contributed by atoms with E-state index in [1.807, 2.05) is 84.9 Å². The zero-order valence-corrected chi connectivity index (χ0v) is 32.9. The topological polar surface area (TPSA) is 77.8 Å². The maximum atomic E-state index is 14.7. The molecule has 0 bridgehead atoms. The number of H-pyrrole nitrogens is 1. The largest absolute Gasteiger partial charge is 0.493 e. The van der Waals surface area contributed by atoms with E-state index < -0.39 is 0 Å². The van der Waals surface area contributed by atoms with E-state index in [2.05, 4.69) is 46.6 Å². The van der Waals surface area contributed by atoms with Gasteiger partial charge in [0.2, 0.25) is 5.88 Å². The highest BCUT2D eigenvalue weighted by atomic mass is 16.5. The molecule has 5 aromatic rings. The van der Waals surface area contributed by atoms with Crippen LogP contribution < -0.4 is 9.47 Å². The highest BCUT2D eigenvalue weighted by Gasteiger charge is 2.32. The summed E-state index contributed by atoms with van der Waals surface area (Å²) in [5.41, 5.74) is 3.16. The highest BCUT2D eigenvalue weighted by Crippen LogP contribution is 2.42. The lowest BCUT2D eigenvalue weighted by Crippen LogP contribution is -2.22. The number of hydrogen-bond donors (Lipinski definition) is 1. The zero-order chi connectivity index (χ0) is 37.6. The third kappa shape index (κ3) is 10.6. The van der Waals surface area contributed by atoms with E-state index in [0.29, 0.717) is 58.6 Å². The summed E-state index contributed by atoms with van der Waals surface area (Å²) in [4.78, 5) is 19.9. The molecule has 3 aromatic carbocycles. The van der Waals surface area contributed by atoms with E-state index >= 15 is 0 Å². The van der Waals surface area contributed by atoms with E-state index in [1.165, 1.54) is 32.1 Å². The third-order valence-corrected chi connectivity index (χ3v) is 10.4. The monoisotopic (exact) mass is 719 g/mol. The second-order valence-corrected chi connectivity index (χ2v) is 14.9. The number of carbonyl (C=O) groups excluding carboxylic acids is 1. The minimum Gasteiger partial charge on any atom is -0.493 e. The standard InChI is InChI=1S/C46H61N3O4/c1-7-11-21-34(9-3)29-30-38(31-33(5)6)53-46(50)42-41(36-23-15-13-16-24-36)45(52-37-25-17-14-18-26-37)49-44(42)47-43(48-49)39-27-19-20-28-40(39)51-32-35(10-4)22-12-8-2/h13-20,23-28,33-35,38H,7-12,21-22,29-32H2,1-6H3,(H,47,48). The fourth-order valence-corrected chi connectivity index (χ4v) is 7.19. The van der Waals surface area contributed by atoms with Crippen LogP contribution in [-0.4, -0.2) is 33.3 Å². The number of ether oxygens (including phenoxy) is 3. The van der Waals surface area contributed by atoms with Crippen LogP contribution in [0.5, 0.6) is 17.4 Å². The Bertz CT molecular complexity index is 1830. The molecule has 0 saturated heterocycles. The van der Waals surface area contributed by atoms with E-state index in [4.69, 9.17) is 19.2 Å². The van der Waals surface area contributed by atoms with Crippen molar-refractivity contribution in [1.29, 1.82) is 0 Å². The van der Waals surface area contributed by atoms with Crippen LogP contribution in [0.15, 0.2) is 84.9 Å². The van der Waals surface area contributed by atoms with Crippen LogP contribution in [0.25, 0.3) is 28.2 Å². The fourth-order valence-electron chi connectivity index (χ4n) is 7.19. The van der Waals surface area contributed by atoms with Crippen LogP contribution in [0.4, 0.5) is 0 Å². The van der Waals surface area contributed by atoms with Gasteiger partial charge in [-0.05, 0) is 73.3 Å². The number of nitrogens with one attached hydrogen (secondary N) is 1. The number of aromatic amines is 1. The highest BCUT2D eigenvalue weighted by molar-refractivity contribution is 6.06. The maximum absolute atomic E-state index is 14.7. The molecule has 7 heteroatoms. The molecule has 0 aliphatic heterocycles. The van der Waals surface area contributed by atoms with Gasteiger partial charge in [-0.2, -0.15) is 0 Å². The molecule has 0 aliphatic carbocycles. The Balaban J connectivity index is 1.60. The first-order valence-corrected chi connectivity index (χ1v) is 20.2. The summed E-state index contributed by atoms with van der Waals surface area (Å²) < 4.78 is 21.5. The number of carbonyl (C=O) groups is 1. The van der Waals surface area contributed by atoms with Crippen molar-refractivity contribution in [3.05, 3.63) is 90.5 Å². The number of rotatable bonds is 22. The van der Waals surface area contributed by atoms with E-state index in [-0.39, 0.29) is 12.1 Å². The van der Waals surface area contributed by atoms with Gasteiger partial charge in [-0.15, -0.1) is 0 Å². The van der Waals surface area contributed by atoms with Gasteiger partial charge in [0, 0.05) is 0 Å². The van der Waals surface area contributed by atoms with Crippen LogP contribution in [0, 0.1) is 17.8 Å².